The van der Waals surface area contributed by atoms with Gasteiger partial charge in [-0.15, -0.1) is 5.54 Å². The molecule has 2 atom stereocenters. The highest BCUT2D eigenvalue weighted by atomic mass is 32.2. The van der Waals surface area contributed by atoms with Gasteiger partial charge in [-0.2, -0.15) is 4.39 Å². The maximum absolute atomic E-state index is 16.3. The van der Waals surface area contributed by atoms with Gasteiger partial charge in [-0.25, -0.2) is 17.8 Å². The van der Waals surface area contributed by atoms with E-state index in [9.17, 15) is 12.8 Å². The van der Waals surface area contributed by atoms with E-state index in [0.29, 0.717) is 22.2 Å². The summed E-state index contributed by atoms with van der Waals surface area (Å²) in [7, 11) is -5.49. The lowest BCUT2D eigenvalue weighted by Gasteiger charge is -2.43. The summed E-state index contributed by atoms with van der Waals surface area (Å²) in [6.45, 7) is 17.8. The molecule has 2 rings (SSSR count). The lowest BCUT2D eigenvalue weighted by molar-refractivity contribution is 0.0627. The predicted octanol–water partition coefficient (Wildman–Crippen LogP) is 6.19. The number of nitrogens with zero attached hydrogens (tertiary/aromatic N) is 1. The first-order chi connectivity index (χ1) is 14.0. The number of hydrogen-bond donors (Lipinski definition) is 0. The number of hydrogen-bond acceptors (Lipinski definition) is 3. The van der Waals surface area contributed by atoms with Crippen molar-refractivity contribution in [3.8, 4) is 11.5 Å². The van der Waals surface area contributed by atoms with Gasteiger partial charge in [-0.3, -0.25) is 0 Å². The highest BCUT2D eigenvalue weighted by molar-refractivity contribution is 7.92. The van der Waals surface area contributed by atoms with Crippen LogP contribution in [0.25, 0.3) is 0 Å². The molecule has 0 N–H and O–H groups in total. The highest BCUT2D eigenvalue weighted by Crippen LogP contribution is 2.49. The van der Waals surface area contributed by atoms with E-state index in [0.717, 1.165) is 0 Å². The molecule has 2 heterocycles. The van der Waals surface area contributed by atoms with Crippen molar-refractivity contribution in [1.29, 1.82) is 0 Å². The quantitative estimate of drug-likeness (QED) is 0.300. The first kappa shape index (κ1) is 26.0. The molecule has 1 aliphatic heterocycles. The molecule has 1 fully saturated rings. The summed E-state index contributed by atoms with van der Waals surface area (Å²) < 4.78 is 54.7. The molecule has 2 unspecified atom stereocenters. The van der Waals surface area contributed by atoms with E-state index in [1.807, 2.05) is 0 Å². The van der Waals surface area contributed by atoms with Gasteiger partial charge in [0.2, 0.25) is 5.95 Å². The summed E-state index contributed by atoms with van der Waals surface area (Å²) in [5.41, 5.74) is 3.04. The maximum atomic E-state index is 16.3. The van der Waals surface area contributed by atoms with Crippen LogP contribution in [-0.2, 0) is 15.5 Å². The Morgan fingerprint density at radius 3 is 2.13 bits per heavy atom. The third-order valence-electron chi connectivity index (χ3n) is 7.35. The molecule has 0 aliphatic carbocycles. The maximum Gasteiger partial charge on any atom is 0.219 e. The smallest absolute Gasteiger partial charge is 0.219 e. The highest BCUT2D eigenvalue weighted by Gasteiger charge is 2.55. The molecule has 1 aromatic rings. The van der Waals surface area contributed by atoms with E-state index in [-0.39, 0.29) is 17.7 Å². The van der Waals surface area contributed by atoms with E-state index < -0.39 is 40.2 Å². The minimum Gasteiger partial charge on any atom is -0.238 e. The zero-order valence-electron chi connectivity index (χ0n) is 20.3. The van der Waals surface area contributed by atoms with Crippen LogP contribution in [-0.4, -0.2) is 32.0 Å². The molecular weight excluding hydrogens is 432 g/mol. The van der Waals surface area contributed by atoms with Crippen LogP contribution in [0.15, 0.2) is 12.3 Å². The monoisotopic (exact) mass is 469 g/mol. The van der Waals surface area contributed by atoms with Gasteiger partial charge >= 0.3 is 0 Å². The average molecular weight is 470 g/mol. The summed E-state index contributed by atoms with van der Waals surface area (Å²) in [6.07, 6.45) is 1.05. The van der Waals surface area contributed by atoms with Crippen molar-refractivity contribution in [3.63, 3.8) is 0 Å². The largest absolute Gasteiger partial charge is 0.238 e. The number of sulfone groups is 1. The summed E-state index contributed by atoms with van der Waals surface area (Å²) in [5.74, 6) is 1.11. The summed E-state index contributed by atoms with van der Waals surface area (Å²) in [4.78, 5) is 3.81. The van der Waals surface area contributed by atoms with Gasteiger partial charge in [0.15, 0.2) is 9.84 Å². The number of pyridine rings is 1. The van der Waals surface area contributed by atoms with Gasteiger partial charge < -0.3 is 0 Å². The van der Waals surface area contributed by atoms with Crippen molar-refractivity contribution in [2.75, 3.05) is 5.75 Å². The van der Waals surface area contributed by atoms with Crippen molar-refractivity contribution in [2.24, 2.45) is 5.92 Å². The molecule has 7 heteroatoms. The molecule has 3 nitrogen and oxygen atoms in total. The van der Waals surface area contributed by atoms with Gasteiger partial charge in [0.25, 0.3) is 0 Å². The van der Waals surface area contributed by atoms with E-state index >= 15 is 4.39 Å². The lowest BCUT2D eigenvalue weighted by atomic mass is 9.78. The van der Waals surface area contributed by atoms with E-state index in [1.54, 1.807) is 0 Å². The average Bonchev–Trinajstić information content (AvgIpc) is 2.60. The van der Waals surface area contributed by atoms with Crippen molar-refractivity contribution in [3.05, 3.63) is 29.3 Å². The van der Waals surface area contributed by atoms with Gasteiger partial charge in [-0.1, -0.05) is 54.4 Å². The summed E-state index contributed by atoms with van der Waals surface area (Å²) in [5, 5.41) is 0. The normalized spacial score (nSPS) is 25.5. The SMILES string of the molecule is CC1CS(=O)(=O)C(C)(C)CC1(F)c1cc(C#C[Si](C(C)C)(C(C)C)C(C)C)cnc1F. The van der Waals surface area contributed by atoms with E-state index in [4.69, 9.17) is 0 Å². The van der Waals surface area contributed by atoms with Gasteiger partial charge in [-0.05, 0) is 36.5 Å². The van der Waals surface area contributed by atoms with Crippen molar-refractivity contribution in [2.45, 2.75) is 95.8 Å². The minimum atomic E-state index is -3.48. The zero-order chi connectivity index (χ0) is 24.0. The van der Waals surface area contributed by atoms with Crippen LogP contribution < -0.4 is 0 Å². The fourth-order valence-corrected chi connectivity index (χ4v) is 12.4. The topological polar surface area (TPSA) is 47.0 Å². The van der Waals surface area contributed by atoms with E-state index in [2.05, 4.69) is 58.0 Å². The fourth-order valence-electron chi connectivity index (χ4n) is 5.37. The van der Waals surface area contributed by atoms with Gasteiger partial charge in [0, 0.05) is 29.7 Å². The van der Waals surface area contributed by atoms with Crippen LogP contribution >= 0.6 is 0 Å². The Bertz CT molecular complexity index is 971. The Morgan fingerprint density at radius 2 is 1.65 bits per heavy atom. The van der Waals surface area contributed by atoms with Crippen LogP contribution in [0, 0.1) is 23.3 Å². The second-order valence-corrected chi connectivity index (χ2v) is 18.9. The van der Waals surface area contributed by atoms with Crippen LogP contribution in [0.4, 0.5) is 8.78 Å². The van der Waals surface area contributed by atoms with Crippen LogP contribution in [0.5, 0.6) is 0 Å². The summed E-state index contributed by atoms with van der Waals surface area (Å²) >= 11 is 0. The summed E-state index contributed by atoms with van der Waals surface area (Å²) in [6, 6.07) is 1.44. The molecule has 0 amide bonds. The molecule has 0 spiro atoms. The Labute approximate surface area is 188 Å². The first-order valence-electron chi connectivity index (χ1n) is 11.1. The molecule has 174 valence electrons. The minimum absolute atomic E-state index is 0.180. The second kappa shape index (κ2) is 8.59. The molecule has 0 saturated carbocycles. The predicted molar refractivity (Wildman–Crippen MR) is 127 cm³/mol. The van der Waals surface area contributed by atoms with Crippen molar-refractivity contribution >= 4 is 17.9 Å². The van der Waals surface area contributed by atoms with E-state index in [1.165, 1.54) is 33.0 Å². The molecular formula is C24H37F2NO2SSi. The number of alkyl halides is 1. The molecule has 0 radical (unpaired) electrons. The molecule has 0 bridgehead atoms. The molecule has 0 aromatic carbocycles. The molecule has 1 saturated heterocycles. The van der Waals surface area contributed by atoms with Crippen molar-refractivity contribution < 1.29 is 17.2 Å². The third-order valence-corrected chi connectivity index (χ3v) is 16.4. The lowest BCUT2D eigenvalue weighted by Crippen LogP contribution is -2.51. The number of aromatic nitrogens is 1. The zero-order valence-corrected chi connectivity index (χ0v) is 22.1. The molecule has 1 aliphatic rings. The van der Waals surface area contributed by atoms with Crippen LogP contribution in [0.1, 0.15) is 79.9 Å². The fraction of sp³-hybridized carbons (Fsp3) is 0.708. The van der Waals surface area contributed by atoms with Gasteiger partial charge in [0.05, 0.1) is 10.5 Å². The van der Waals surface area contributed by atoms with Gasteiger partial charge in [0.1, 0.15) is 13.7 Å². The standard InChI is InChI=1S/C24H37F2NO2SSi/c1-16(2)31(17(3)4,18(5)6)11-10-20-12-21(22(25)27-13-20)24(26)15-23(8,9)30(28,29)14-19(24)7/h12-13,16-19H,14-15H2,1-9H3. The Morgan fingerprint density at radius 1 is 1.13 bits per heavy atom. The van der Waals surface area contributed by atoms with Crippen molar-refractivity contribution in [1.82, 2.24) is 4.98 Å². The van der Waals surface area contributed by atoms with Crippen LogP contribution in [0.2, 0.25) is 16.6 Å². The molecule has 31 heavy (non-hydrogen) atoms. The first-order valence-corrected chi connectivity index (χ1v) is 15.0. The Balaban J connectivity index is 2.59. The van der Waals surface area contributed by atoms with Crippen LogP contribution in [0.3, 0.4) is 0 Å². The number of halogens is 2. The second-order valence-electron chi connectivity index (χ2n) is 10.7. The Kier molecular flexibility index (Phi) is 7.20. The molecule has 1 aromatic heterocycles. The Hall–Kier alpha value is -1.26. The number of rotatable bonds is 4. The third kappa shape index (κ3) is 4.48.